The van der Waals surface area contributed by atoms with Crippen LogP contribution in [-0.4, -0.2) is 88.1 Å². The fraction of sp³-hybridized carbons (Fsp3) is 0.250. The fourth-order valence-electron chi connectivity index (χ4n) is 4.82. The third-order valence-corrected chi connectivity index (χ3v) is 7.20. The molecule has 242 valence electrons. The standard InChI is InChI=1S/C32H30O14/c1-41-19-10-9-16(12-17(19)33)29-31(26(38)23-20(44-29)13-18(34)30(42-2)25(23)37)46-32-28(40)27(39)24(36)21(45-32)14-43-22(35)11-8-15-6-4-3-5-7-15/h3-13,21,24,27-28,32-34,36-37,39-40H,14H2,1-2H3/b11-8+/t21-,24-,27+,28-,32+/m1/s1. The molecule has 0 amide bonds. The number of carbonyl (C=O) groups is 1. The summed E-state index contributed by atoms with van der Waals surface area (Å²) < 4.78 is 32.5. The van der Waals surface area contributed by atoms with Crippen LogP contribution < -0.4 is 19.6 Å². The van der Waals surface area contributed by atoms with Crippen molar-refractivity contribution >= 4 is 23.0 Å². The molecule has 3 aromatic carbocycles. The molecule has 5 atom stereocenters. The molecule has 14 heteroatoms. The lowest BCUT2D eigenvalue weighted by molar-refractivity contribution is -0.278. The summed E-state index contributed by atoms with van der Waals surface area (Å²) in [6, 6.07) is 13.9. The SMILES string of the molecule is COc1ccc(-c2oc3cc(O)c(OC)c(O)c3c(=O)c2O[C@@H]2O[C@H](COC(=O)/C=C/c3ccccc3)[C@@H](O)[C@H](O)[C@H]2O)cc1O. The number of phenols is 3. The van der Waals surface area contributed by atoms with Gasteiger partial charge >= 0.3 is 5.97 Å². The molecule has 0 unspecified atom stereocenters. The Bertz CT molecular complexity index is 1820. The van der Waals surface area contributed by atoms with Crippen molar-refractivity contribution in [1.29, 1.82) is 0 Å². The summed E-state index contributed by atoms with van der Waals surface area (Å²) >= 11 is 0. The lowest BCUT2D eigenvalue weighted by Crippen LogP contribution is -2.60. The van der Waals surface area contributed by atoms with Crippen molar-refractivity contribution in [3.05, 3.63) is 76.5 Å². The van der Waals surface area contributed by atoms with E-state index in [1.807, 2.05) is 6.07 Å². The molecule has 0 radical (unpaired) electrons. The Kier molecular flexibility index (Phi) is 9.34. The normalized spacial score (nSPS) is 21.3. The van der Waals surface area contributed by atoms with Gasteiger partial charge in [-0.25, -0.2) is 4.79 Å². The van der Waals surface area contributed by atoms with Gasteiger partial charge in [-0.15, -0.1) is 0 Å². The first-order valence-electron chi connectivity index (χ1n) is 13.8. The monoisotopic (exact) mass is 638 g/mol. The number of carbonyl (C=O) groups excluding carboxylic acids is 1. The maximum Gasteiger partial charge on any atom is 0.330 e. The molecule has 14 nitrogen and oxygen atoms in total. The largest absolute Gasteiger partial charge is 0.504 e. The van der Waals surface area contributed by atoms with E-state index in [4.69, 9.17) is 28.1 Å². The third-order valence-electron chi connectivity index (χ3n) is 7.20. The first-order chi connectivity index (χ1) is 22.0. The van der Waals surface area contributed by atoms with Gasteiger partial charge in [-0.3, -0.25) is 4.79 Å². The summed E-state index contributed by atoms with van der Waals surface area (Å²) in [6.45, 7) is -0.578. The predicted octanol–water partition coefficient (Wildman–Crippen LogP) is 2.04. The number of benzene rings is 3. The highest BCUT2D eigenvalue weighted by molar-refractivity contribution is 5.91. The Morgan fingerprint density at radius 2 is 1.63 bits per heavy atom. The number of aliphatic hydroxyl groups is 3. The maximum atomic E-state index is 13.8. The molecule has 2 heterocycles. The van der Waals surface area contributed by atoms with E-state index >= 15 is 0 Å². The molecule has 0 bridgehead atoms. The van der Waals surface area contributed by atoms with Crippen LogP contribution in [0.1, 0.15) is 5.56 Å². The molecule has 0 saturated carbocycles. The van der Waals surface area contributed by atoms with Crippen LogP contribution in [0.4, 0.5) is 0 Å². The van der Waals surface area contributed by atoms with Gasteiger partial charge in [0.25, 0.3) is 0 Å². The molecule has 1 aromatic heterocycles. The second kappa shape index (κ2) is 13.4. The number of methoxy groups -OCH3 is 2. The zero-order valence-electron chi connectivity index (χ0n) is 24.4. The van der Waals surface area contributed by atoms with Crippen molar-refractivity contribution in [3.8, 4) is 45.8 Å². The molecule has 0 aliphatic carbocycles. The number of phenolic OH excluding ortho intramolecular Hbond substituents is 3. The highest BCUT2D eigenvalue weighted by Crippen LogP contribution is 2.44. The van der Waals surface area contributed by atoms with E-state index in [1.165, 1.54) is 31.4 Å². The molecular weight excluding hydrogens is 608 g/mol. The van der Waals surface area contributed by atoms with Gasteiger partial charge in [-0.2, -0.15) is 0 Å². The first-order valence-corrected chi connectivity index (χ1v) is 13.8. The molecule has 6 N–H and O–H groups in total. The second-order valence-electron chi connectivity index (χ2n) is 10.1. The Morgan fingerprint density at radius 3 is 2.30 bits per heavy atom. The van der Waals surface area contributed by atoms with Gasteiger partial charge < -0.3 is 58.7 Å². The number of hydrogen-bond acceptors (Lipinski definition) is 14. The molecule has 1 aliphatic rings. The minimum atomic E-state index is -1.94. The molecule has 0 spiro atoms. The molecule has 1 fully saturated rings. The van der Waals surface area contributed by atoms with E-state index < -0.39 is 77.1 Å². The first kappa shape index (κ1) is 32.1. The number of aromatic hydroxyl groups is 3. The van der Waals surface area contributed by atoms with Crippen molar-refractivity contribution in [2.45, 2.75) is 30.7 Å². The number of hydrogen-bond donors (Lipinski definition) is 6. The van der Waals surface area contributed by atoms with Gasteiger partial charge in [0.15, 0.2) is 28.8 Å². The number of ether oxygens (including phenoxy) is 5. The Labute approximate surface area is 260 Å². The van der Waals surface area contributed by atoms with Gasteiger partial charge in [0.05, 0.1) is 14.2 Å². The van der Waals surface area contributed by atoms with Crippen LogP contribution in [0.2, 0.25) is 0 Å². The van der Waals surface area contributed by atoms with Gasteiger partial charge in [0.1, 0.15) is 42.0 Å². The summed E-state index contributed by atoms with van der Waals surface area (Å²) in [6.07, 6.45) is -6.17. The Hall–Kier alpha value is -5.28. The molecule has 4 aromatic rings. The van der Waals surface area contributed by atoms with Crippen LogP contribution in [0, 0.1) is 0 Å². The van der Waals surface area contributed by atoms with Crippen molar-refractivity contribution in [2.75, 3.05) is 20.8 Å². The van der Waals surface area contributed by atoms with Crippen molar-refractivity contribution in [3.63, 3.8) is 0 Å². The van der Waals surface area contributed by atoms with Crippen molar-refractivity contribution in [2.24, 2.45) is 0 Å². The number of rotatable bonds is 9. The van der Waals surface area contributed by atoms with E-state index in [0.717, 1.165) is 24.8 Å². The zero-order chi connectivity index (χ0) is 33.1. The smallest absolute Gasteiger partial charge is 0.330 e. The topological polar surface area (TPSA) is 215 Å². The molecular formula is C32H30O14. The van der Waals surface area contributed by atoms with Crippen LogP contribution in [0.5, 0.6) is 34.5 Å². The average Bonchev–Trinajstić information content (AvgIpc) is 3.04. The summed E-state index contributed by atoms with van der Waals surface area (Å²) in [5, 5.41) is 62.9. The lowest BCUT2D eigenvalue weighted by Gasteiger charge is -2.39. The number of fused-ring (bicyclic) bond motifs is 1. The minimum Gasteiger partial charge on any atom is -0.504 e. The third kappa shape index (κ3) is 6.27. The van der Waals surface area contributed by atoms with Gasteiger partial charge in [0.2, 0.25) is 23.2 Å². The lowest BCUT2D eigenvalue weighted by atomic mass is 9.99. The van der Waals surface area contributed by atoms with E-state index in [1.54, 1.807) is 24.3 Å². The minimum absolute atomic E-state index is 0.0589. The molecule has 1 aliphatic heterocycles. The zero-order valence-corrected chi connectivity index (χ0v) is 24.4. The van der Waals surface area contributed by atoms with E-state index in [-0.39, 0.29) is 28.4 Å². The Morgan fingerprint density at radius 1 is 0.891 bits per heavy atom. The second-order valence-corrected chi connectivity index (χ2v) is 10.1. The van der Waals surface area contributed by atoms with Crippen LogP contribution in [0.3, 0.4) is 0 Å². The molecule has 1 saturated heterocycles. The number of esters is 1. The summed E-state index contributed by atoms with van der Waals surface area (Å²) in [5.74, 6) is -3.81. The maximum absolute atomic E-state index is 13.8. The Balaban J connectivity index is 1.50. The van der Waals surface area contributed by atoms with Crippen LogP contribution in [0.25, 0.3) is 28.4 Å². The number of aliphatic hydroxyl groups excluding tert-OH is 3. The van der Waals surface area contributed by atoms with Crippen molar-refractivity contribution in [1.82, 2.24) is 0 Å². The fourth-order valence-corrected chi connectivity index (χ4v) is 4.82. The van der Waals surface area contributed by atoms with E-state index in [0.29, 0.717) is 0 Å². The molecule has 46 heavy (non-hydrogen) atoms. The molecule has 5 rings (SSSR count). The van der Waals surface area contributed by atoms with Crippen LogP contribution in [-0.2, 0) is 14.3 Å². The summed E-state index contributed by atoms with van der Waals surface area (Å²) in [4.78, 5) is 26.2. The van der Waals surface area contributed by atoms with E-state index in [9.17, 15) is 40.2 Å². The van der Waals surface area contributed by atoms with Crippen LogP contribution >= 0.6 is 0 Å². The highest BCUT2D eigenvalue weighted by Gasteiger charge is 2.46. The van der Waals surface area contributed by atoms with Gasteiger partial charge in [-0.05, 0) is 29.8 Å². The van der Waals surface area contributed by atoms with E-state index in [2.05, 4.69) is 0 Å². The summed E-state index contributed by atoms with van der Waals surface area (Å²) in [7, 11) is 2.48. The quantitative estimate of drug-likeness (QED) is 0.114. The van der Waals surface area contributed by atoms with Gasteiger partial charge in [0, 0.05) is 17.7 Å². The van der Waals surface area contributed by atoms with Gasteiger partial charge in [-0.1, -0.05) is 30.3 Å². The highest BCUT2D eigenvalue weighted by atomic mass is 16.7. The average molecular weight is 639 g/mol. The summed E-state index contributed by atoms with van der Waals surface area (Å²) in [5.41, 5.74) is -0.529. The van der Waals surface area contributed by atoms with Crippen LogP contribution in [0.15, 0.2) is 69.9 Å². The van der Waals surface area contributed by atoms with Crippen molar-refractivity contribution < 1.29 is 63.5 Å². The predicted molar refractivity (Wildman–Crippen MR) is 160 cm³/mol.